The van der Waals surface area contributed by atoms with Crippen molar-refractivity contribution in [3.8, 4) is 17.3 Å². The number of fused-ring (bicyclic) bond motifs is 4. The van der Waals surface area contributed by atoms with E-state index in [1.807, 2.05) is 30.7 Å². The van der Waals surface area contributed by atoms with Crippen LogP contribution in [0.4, 0.5) is 0 Å². The predicted molar refractivity (Wildman–Crippen MR) is 91.5 cm³/mol. The minimum Gasteiger partial charge on any atom is -0.386 e. The van der Waals surface area contributed by atoms with E-state index in [1.165, 1.54) is 11.1 Å². The number of rotatable bonds is 1. The van der Waals surface area contributed by atoms with Gasteiger partial charge in [-0.05, 0) is 30.0 Å². The molecule has 0 fully saturated rings. The summed E-state index contributed by atoms with van der Waals surface area (Å²) in [5.74, 6) is 0.0320. The number of aliphatic hydroxyl groups excluding tert-OH is 1. The van der Waals surface area contributed by atoms with Crippen LogP contribution in [0.25, 0.3) is 11.3 Å². The summed E-state index contributed by atoms with van der Waals surface area (Å²) in [5.41, 5.74) is 5.77. The molecule has 3 heterocycles. The molecule has 0 amide bonds. The first-order chi connectivity index (χ1) is 12.3. The van der Waals surface area contributed by atoms with Crippen LogP contribution in [0.1, 0.15) is 41.0 Å². The number of aryl methyl sites for hydroxylation is 1. The lowest BCUT2D eigenvalue weighted by Gasteiger charge is -2.34. The van der Waals surface area contributed by atoms with Crippen LogP contribution in [0.2, 0.25) is 0 Å². The Balaban J connectivity index is 1.60. The molecule has 25 heavy (non-hydrogen) atoms. The fourth-order valence-corrected chi connectivity index (χ4v) is 4.37. The zero-order valence-corrected chi connectivity index (χ0v) is 13.5. The van der Waals surface area contributed by atoms with E-state index in [9.17, 15) is 5.11 Å². The van der Waals surface area contributed by atoms with E-state index in [-0.39, 0.29) is 12.0 Å². The van der Waals surface area contributed by atoms with Crippen LogP contribution in [0.5, 0.6) is 0 Å². The zero-order chi connectivity index (χ0) is 17.0. The van der Waals surface area contributed by atoms with Crippen LogP contribution in [-0.2, 0) is 6.42 Å². The Morgan fingerprint density at radius 1 is 1.24 bits per heavy atom. The molecule has 1 aromatic carbocycles. The lowest BCUT2D eigenvalue weighted by Crippen LogP contribution is -2.29. The summed E-state index contributed by atoms with van der Waals surface area (Å²) in [7, 11) is 0. The molecule has 3 aromatic rings. The summed E-state index contributed by atoms with van der Waals surface area (Å²) in [4.78, 5) is 8.70. The molecule has 0 saturated carbocycles. The van der Waals surface area contributed by atoms with Gasteiger partial charge in [0.15, 0.2) is 0 Å². The number of benzene rings is 1. The first kappa shape index (κ1) is 14.4. The number of hydrogen-bond acceptors (Lipinski definition) is 4. The number of imidazole rings is 1. The molecule has 5 heteroatoms. The first-order valence-corrected chi connectivity index (χ1v) is 8.46. The Bertz CT molecular complexity index is 1020. The molecule has 0 spiro atoms. The predicted octanol–water partition coefficient (Wildman–Crippen LogP) is 3.02. The van der Waals surface area contributed by atoms with Crippen LogP contribution in [0, 0.1) is 17.2 Å². The molecule has 1 N–H and O–H groups in total. The summed E-state index contributed by atoms with van der Waals surface area (Å²) < 4.78 is 2.17. The third-order valence-electron chi connectivity index (χ3n) is 5.49. The van der Waals surface area contributed by atoms with Crippen LogP contribution < -0.4 is 0 Å². The second-order valence-corrected chi connectivity index (χ2v) is 6.75. The van der Waals surface area contributed by atoms with Crippen LogP contribution in [0.15, 0.2) is 49.1 Å². The third-order valence-corrected chi connectivity index (χ3v) is 5.49. The van der Waals surface area contributed by atoms with Gasteiger partial charge in [0, 0.05) is 17.7 Å². The van der Waals surface area contributed by atoms with Gasteiger partial charge in [0.1, 0.15) is 12.2 Å². The van der Waals surface area contributed by atoms with Gasteiger partial charge in [-0.3, -0.25) is 4.98 Å². The highest BCUT2D eigenvalue weighted by atomic mass is 16.3. The Hall–Kier alpha value is -2.97. The van der Waals surface area contributed by atoms with Gasteiger partial charge in [-0.1, -0.05) is 24.3 Å². The van der Waals surface area contributed by atoms with E-state index in [4.69, 9.17) is 5.26 Å². The fourth-order valence-electron chi connectivity index (χ4n) is 4.37. The number of nitrogens with zero attached hydrogens (tertiary/aromatic N) is 4. The molecule has 5 rings (SSSR count). The van der Waals surface area contributed by atoms with Crippen molar-refractivity contribution in [3.63, 3.8) is 0 Å². The number of hydrogen-bond donors (Lipinski definition) is 1. The molecule has 1 aliphatic heterocycles. The molecule has 122 valence electrons. The average Bonchev–Trinajstić information content (AvgIpc) is 3.23. The maximum Gasteiger partial charge on any atom is 0.101 e. The molecular weight excluding hydrogens is 312 g/mol. The number of aliphatic hydroxyl groups is 1. The smallest absolute Gasteiger partial charge is 0.101 e. The first-order valence-electron chi connectivity index (χ1n) is 8.46. The van der Waals surface area contributed by atoms with Crippen molar-refractivity contribution in [2.24, 2.45) is 5.92 Å². The summed E-state index contributed by atoms with van der Waals surface area (Å²) in [6.45, 7) is 0. The molecule has 0 radical (unpaired) electrons. The minimum atomic E-state index is -0.650. The number of pyridine rings is 1. The Labute approximate surface area is 145 Å². The highest BCUT2D eigenvalue weighted by Gasteiger charge is 2.41. The van der Waals surface area contributed by atoms with Gasteiger partial charge in [0.25, 0.3) is 0 Å². The molecular formula is C20H16N4O. The Morgan fingerprint density at radius 3 is 3.00 bits per heavy atom. The van der Waals surface area contributed by atoms with Crippen molar-refractivity contribution in [1.82, 2.24) is 14.5 Å². The number of nitriles is 1. The Morgan fingerprint density at radius 2 is 2.12 bits per heavy atom. The lowest BCUT2D eigenvalue weighted by molar-refractivity contribution is 0.0679. The Kier molecular flexibility index (Phi) is 3.03. The van der Waals surface area contributed by atoms with Gasteiger partial charge in [0.2, 0.25) is 0 Å². The largest absolute Gasteiger partial charge is 0.386 e. The molecule has 2 aromatic heterocycles. The quantitative estimate of drug-likeness (QED) is 0.745. The third kappa shape index (κ3) is 1.98. The number of aromatic nitrogens is 3. The van der Waals surface area contributed by atoms with E-state index in [1.54, 1.807) is 6.20 Å². The van der Waals surface area contributed by atoms with Gasteiger partial charge in [-0.25, -0.2) is 4.98 Å². The summed E-state index contributed by atoms with van der Waals surface area (Å²) in [6, 6.07) is 12.4. The summed E-state index contributed by atoms with van der Waals surface area (Å²) >= 11 is 0. The summed E-state index contributed by atoms with van der Waals surface area (Å²) in [5, 5.41) is 20.1. The van der Waals surface area contributed by atoms with Gasteiger partial charge in [-0.15, -0.1) is 0 Å². The van der Waals surface area contributed by atoms with Crippen molar-refractivity contribution in [3.05, 3.63) is 71.4 Å². The zero-order valence-electron chi connectivity index (χ0n) is 13.5. The molecule has 0 bridgehead atoms. The molecule has 0 saturated heterocycles. The highest BCUT2D eigenvalue weighted by Crippen LogP contribution is 2.49. The van der Waals surface area contributed by atoms with Crippen LogP contribution in [0.3, 0.4) is 0 Å². The molecule has 3 atom stereocenters. The van der Waals surface area contributed by atoms with Gasteiger partial charge in [0.05, 0.1) is 35.5 Å². The minimum absolute atomic E-state index is 0.0320. The van der Waals surface area contributed by atoms with Crippen molar-refractivity contribution < 1.29 is 5.11 Å². The van der Waals surface area contributed by atoms with E-state index >= 15 is 0 Å². The topological polar surface area (TPSA) is 74.7 Å². The second kappa shape index (κ2) is 5.27. The fraction of sp³-hybridized carbons (Fsp3) is 0.250. The van der Waals surface area contributed by atoms with Crippen molar-refractivity contribution in [2.75, 3.05) is 0 Å². The molecule has 1 aliphatic carbocycles. The molecule has 5 nitrogen and oxygen atoms in total. The van der Waals surface area contributed by atoms with Crippen LogP contribution >= 0.6 is 0 Å². The monoisotopic (exact) mass is 328 g/mol. The van der Waals surface area contributed by atoms with E-state index in [0.29, 0.717) is 11.3 Å². The van der Waals surface area contributed by atoms with Gasteiger partial charge in [-0.2, -0.15) is 5.26 Å². The highest BCUT2D eigenvalue weighted by molar-refractivity contribution is 5.69. The average molecular weight is 328 g/mol. The SMILES string of the molecule is N#Cc1cnc2c(c1)CC[C@@H]([C@@H]1c3ccccc3-c3cncn31)C2O. The maximum atomic E-state index is 11.1. The van der Waals surface area contributed by atoms with E-state index < -0.39 is 6.10 Å². The van der Waals surface area contributed by atoms with Crippen LogP contribution in [-0.4, -0.2) is 19.6 Å². The van der Waals surface area contributed by atoms with E-state index in [0.717, 1.165) is 24.1 Å². The molecule has 2 aliphatic rings. The normalized spacial score (nSPS) is 23.4. The standard InChI is InChI=1S/C20H16N4O/c21-8-12-7-13-5-6-16(20(25)18(13)23-9-12)19-15-4-2-1-3-14(15)17-10-22-11-24(17)19/h1-4,7,9-11,16,19-20,25H,5-6H2/t16-,19-,20?/m0/s1. The van der Waals surface area contributed by atoms with Gasteiger partial charge < -0.3 is 9.67 Å². The molecule has 1 unspecified atom stereocenters. The van der Waals surface area contributed by atoms with Crippen molar-refractivity contribution >= 4 is 0 Å². The summed E-state index contributed by atoms with van der Waals surface area (Å²) in [6.07, 6.45) is 6.32. The maximum absolute atomic E-state index is 11.1. The van der Waals surface area contributed by atoms with E-state index in [2.05, 4.69) is 32.7 Å². The second-order valence-electron chi connectivity index (χ2n) is 6.75. The van der Waals surface area contributed by atoms with Gasteiger partial charge >= 0.3 is 0 Å². The van der Waals surface area contributed by atoms with Crippen molar-refractivity contribution in [2.45, 2.75) is 25.0 Å². The lowest BCUT2D eigenvalue weighted by atomic mass is 9.77. The van der Waals surface area contributed by atoms with Crippen molar-refractivity contribution in [1.29, 1.82) is 5.26 Å².